The molecule has 0 bridgehead atoms. The molecule has 1 aromatic rings. The van der Waals surface area contributed by atoms with Gasteiger partial charge in [-0.2, -0.15) is 0 Å². The van der Waals surface area contributed by atoms with Gasteiger partial charge in [-0.1, -0.05) is 0 Å². The molecule has 1 aliphatic rings. The maximum absolute atomic E-state index is 9.19. The Morgan fingerprint density at radius 3 is 2.50 bits per heavy atom. The third-order valence-corrected chi connectivity index (χ3v) is 2.35. The molecule has 1 fully saturated rings. The second-order valence-electron chi connectivity index (χ2n) is 3.17. The Morgan fingerprint density at radius 1 is 1.42 bits per heavy atom. The minimum Gasteiger partial charge on any atom is -0.395 e. The Hall–Kier alpha value is -0.930. The van der Waals surface area contributed by atoms with Gasteiger partial charge in [0.1, 0.15) is 0 Å². The summed E-state index contributed by atoms with van der Waals surface area (Å²) in [7, 11) is 0. The van der Waals surface area contributed by atoms with E-state index in [2.05, 4.69) is 4.98 Å². The average molecular weight is 165 g/mol. The lowest BCUT2D eigenvalue weighted by atomic mass is 9.80. The first kappa shape index (κ1) is 7.71. The number of aliphatic hydroxyl groups is 1. The normalized spacial score (nSPS) is 20.1. The first-order valence-corrected chi connectivity index (χ1v) is 3.96. The lowest BCUT2D eigenvalue weighted by Gasteiger charge is -2.40. The molecular weight excluding hydrogens is 154 g/mol. The molecule has 12 heavy (non-hydrogen) atoms. The number of ether oxygens (including phenoxy) is 1. The van der Waals surface area contributed by atoms with Crippen molar-refractivity contribution in [2.24, 2.45) is 0 Å². The monoisotopic (exact) mass is 165 g/mol. The first-order valence-electron chi connectivity index (χ1n) is 3.96. The third-order valence-electron chi connectivity index (χ3n) is 2.35. The Labute approximate surface area is 71.0 Å². The maximum Gasteiger partial charge on any atom is 0.0652 e. The number of rotatable bonds is 2. The molecule has 0 aromatic carbocycles. The highest BCUT2D eigenvalue weighted by atomic mass is 16.5. The molecule has 0 saturated carbocycles. The van der Waals surface area contributed by atoms with Gasteiger partial charge in [-0.25, -0.2) is 0 Å². The van der Waals surface area contributed by atoms with E-state index < -0.39 is 0 Å². The number of hydrogen-bond donors (Lipinski definition) is 1. The van der Waals surface area contributed by atoms with Crippen molar-refractivity contribution in [1.82, 2.24) is 4.98 Å². The number of nitrogens with zero attached hydrogens (tertiary/aromatic N) is 1. The van der Waals surface area contributed by atoms with Crippen LogP contribution >= 0.6 is 0 Å². The molecule has 0 unspecified atom stereocenters. The fourth-order valence-electron chi connectivity index (χ4n) is 1.40. The van der Waals surface area contributed by atoms with Crippen molar-refractivity contribution in [2.45, 2.75) is 5.41 Å². The molecule has 0 radical (unpaired) electrons. The minimum atomic E-state index is -0.150. The summed E-state index contributed by atoms with van der Waals surface area (Å²) in [4.78, 5) is 3.93. The van der Waals surface area contributed by atoms with Gasteiger partial charge in [-0.15, -0.1) is 0 Å². The van der Waals surface area contributed by atoms with E-state index in [9.17, 15) is 5.11 Å². The summed E-state index contributed by atoms with van der Waals surface area (Å²) in [5, 5.41) is 9.19. The first-order chi connectivity index (χ1) is 5.87. The van der Waals surface area contributed by atoms with Gasteiger partial charge >= 0.3 is 0 Å². The highest BCUT2D eigenvalue weighted by Crippen LogP contribution is 2.30. The zero-order valence-electron chi connectivity index (χ0n) is 6.73. The fourth-order valence-corrected chi connectivity index (χ4v) is 1.40. The van der Waals surface area contributed by atoms with Crippen molar-refractivity contribution in [3.63, 3.8) is 0 Å². The van der Waals surface area contributed by atoms with E-state index in [4.69, 9.17) is 4.74 Å². The van der Waals surface area contributed by atoms with Crippen LogP contribution < -0.4 is 0 Å². The molecule has 3 heteroatoms. The van der Waals surface area contributed by atoms with E-state index in [1.54, 1.807) is 12.4 Å². The Bertz CT molecular complexity index is 251. The van der Waals surface area contributed by atoms with Gasteiger partial charge in [0.15, 0.2) is 0 Å². The molecular formula is C9H11NO2. The maximum atomic E-state index is 9.19. The van der Waals surface area contributed by atoms with Crippen LogP contribution in [0.25, 0.3) is 0 Å². The van der Waals surface area contributed by atoms with Gasteiger partial charge in [-0.05, 0) is 17.7 Å². The molecule has 64 valence electrons. The topological polar surface area (TPSA) is 42.4 Å². The molecule has 1 aromatic heterocycles. The molecule has 1 saturated heterocycles. The van der Waals surface area contributed by atoms with Crippen molar-refractivity contribution in [2.75, 3.05) is 19.8 Å². The van der Waals surface area contributed by atoms with Crippen LogP contribution in [0.4, 0.5) is 0 Å². The van der Waals surface area contributed by atoms with Crippen LogP contribution in [0.2, 0.25) is 0 Å². The van der Waals surface area contributed by atoms with Gasteiger partial charge in [0, 0.05) is 12.4 Å². The van der Waals surface area contributed by atoms with Crippen LogP contribution in [0.1, 0.15) is 5.56 Å². The zero-order chi connectivity index (χ0) is 8.44. The standard InChI is InChI=1S/C9H11NO2/c11-5-9(6-12-7-9)8-1-3-10-4-2-8/h1-4,11H,5-7H2. The Balaban J connectivity index is 2.28. The van der Waals surface area contributed by atoms with Crippen molar-refractivity contribution < 1.29 is 9.84 Å². The Kier molecular flexibility index (Phi) is 1.83. The molecule has 1 aliphatic heterocycles. The van der Waals surface area contributed by atoms with Gasteiger partial charge in [-0.3, -0.25) is 4.98 Å². The molecule has 3 nitrogen and oxygen atoms in total. The summed E-state index contributed by atoms with van der Waals surface area (Å²) in [5.41, 5.74) is 0.967. The van der Waals surface area contributed by atoms with Gasteiger partial charge < -0.3 is 9.84 Å². The predicted molar refractivity (Wildman–Crippen MR) is 43.8 cm³/mol. The van der Waals surface area contributed by atoms with Crippen LogP contribution in [-0.4, -0.2) is 29.9 Å². The van der Waals surface area contributed by atoms with Crippen LogP contribution in [0.3, 0.4) is 0 Å². The molecule has 0 spiro atoms. The molecule has 0 aliphatic carbocycles. The summed E-state index contributed by atoms with van der Waals surface area (Å²) in [5.74, 6) is 0. The second kappa shape index (κ2) is 2.84. The van der Waals surface area contributed by atoms with E-state index in [-0.39, 0.29) is 12.0 Å². The molecule has 1 N–H and O–H groups in total. The smallest absolute Gasteiger partial charge is 0.0652 e. The summed E-state index contributed by atoms with van der Waals surface area (Å²) < 4.78 is 5.10. The van der Waals surface area contributed by atoms with Crippen molar-refractivity contribution in [1.29, 1.82) is 0 Å². The van der Waals surface area contributed by atoms with Gasteiger partial charge in [0.2, 0.25) is 0 Å². The number of hydrogen-bond acceptors (Lipinski definition) is 3. The highest BCUT2D eigenvalue weighted by molar-refractivity contribution is 5.25. The van der Waals surface area contributed by atoms with Crippen molar-refractivity contribution in [3.8, 4) is 0 Å². The quantitative estimate of drug-likeness (QED) is 0.687. The molecule has 2 rings (SSSR count). The largest absolute Gasteiger partial charge is 0.395 e. The summed E-state index contributed by atoms with van der Waals surface area (Å²) >= 11 is 0. The summed E-state index contributed by atoms with van der Waals surface area (Å²) in [6.45, 7) is 1.39. The third kappa shape index (κ3) is 1.02. The lowest BCUT2D eigenvalue weighted by molar-refractivity contribution is -0.0841. The highest BCUT2D eigenvalue weighted by Gasteiger charge is 2.39. The van der Waals surface area contributed by atoms with Crippen LogP contribution in [-0.2, 0) is 10.2 Å². The van der Waals surface area contributed by atoms with E-state index >= 15 is 0 Å². The number of aromatic nitrogens is 1. The van der Waals surface area contributed by atoms with E-state index in [1.165, 1.54) is 0 Å². The van der Waals surface area contributed by atoms with Gasteiger partial charge in [0.05, 0.1) is 25.2 Å². The second-order valence-corrected chi connectivity index (χ2v) is 3.17. The molecule has 0 atom stereocenters. The fraction of sp³-hybridized carbons (Fsp3) is 0.444. The van der Waals surface area contributed by atoms with Gasteiger partial charge in [0.25, 0.3) is 0 Å². The minimum absolute atomic E-state index is 0.150. The van der Waals surface area contributed by atoms with E-state index in [0.717, 1.165) is 5.56 Å². The summed E-state index contributed by atoms with van der Waals surface area (Å²) in [6.07, 6.45) is 3.48. The van der Waals surface area contributed by atoms with Crippen LogP contribution in [0.5, 0.6) is 0 Å². The summed E-state index contributed by atoms with van der Waals surface area (Å²) in [6, 6.07) is 3.86. The lowest BCUT2D eigenvalue weighted by Crippen LogP contribution is -2.49. The molecule has 0 amide bonds. The number of aliphatic hydroxyl groups excluding tert-OH is 1. The van der Waals surface area contributed by atoms with Crippen molar-refractivity contribution in [3.05, 3.63) is 30.1 Å². The van der Waals surface area contributed by atoms with Crippen LogP contribution in [0, 0.1) is 0 Å². The van der Waals surface area contributed by atoms with E-state index in [1.807, 2.05) is 12.1 Å². The SMILES string of the molecule is OCC1(c2ccncc2)COC1. The zero-order valence-corrected chi connectivity index (χ0v) is 6.73. The van der Waals surface area contributed by atoms with E-state index in [0.29, 0.717) is 13.2 Å². The predicted octanol–water partition coefficient (Wildman–Crippen LogP) is 0.342. The number of pyridine rings is 1. The average Bonchev–Trinajstić information content (AvgIpc) is 2.05. The van der Waals surface area contributed by atoms with Crippen molar-refractivity contribution >= 4 is 0 Å². The Morgan fingerprint density at radius 2 is 2.08 bits per heavy atom. The van der Waals surface area contributed by atoms with Crippen LogP contribution in [0.15, 0.2) is 24.5 Å². The molecule has 2 heterocycles.